The predicted molar refractivity (Wildman–Crippen MR) is 155 cm³/mol. The van der Waals surface area contributed by atoms with Crippen molar-refractivity contribution >= 4 is 38.1 Å². The SMILES string of the molecule is CC(C)C[C@H](CC(=O)[C@@H](C)Cc1cccc2ccccc12)C(=O)N[C@@H](C[C@@H]1CCCC1=O)C1CC1S(C)(=O)=O. The quantitative estimate of drug-likeness (QED) is 0.362. The Kier molecular flexibility index (Phi) is 9.30. The third kappa shape index (κ3) is 7.56. The Bertz CT molecular complexity index is 1310. The fourth-order valence-corrected chi connectivity index (χ4v) is 7.80. The first-order valence-corrected chi connectivity index (χ1v) is 16.4. The number of carbonyl (C=O) groups excluding carboxylic acids is 3. The van der Waals surface area contributed by atoms with Gasteiger partial charge >= 0.3 is 0 Å². The number of amides is 1. The minimum absolute atomic E-state index is 0.0617. The van der Waals surface area contributed by atoms with Crippen LogP contribution in [0.3, 0.4) is 0 Å². The maximum absolute atomic E-state index is 13.6. The molecule has 7 heteroatoms. The Morgan fingerprint density at radius 1 is 1.05 bits per heavy atom. The molecule has 6 nitrogen and oxygen atoms in total. The molecule has 39 heavy (non-hydrogen) atoms. The average Bonchev–Trinajstić information content (AvgIpc) is 3.60. The van der Waals surface area contributed by atoms with Crippen LogP contribution in [0.4, 0.5) is 0 Å². The molecule has 2 aromatic carbocycles. The van der Waals surface area contributed by atoms with E-state index in [0.29, 0.717) is 32.1 Å². The van der Waals surface area contributed by atoms with Gasteiger partial charge in [0.1, 0.15) is 11.6 Å². The van der Waals surface area contributed by atoms with Gasteiger partial charge in [-0.05, 0) is 66.7 Å². The van der Waals surface area contributed by atoms with E-state index in [-0.39, 0.29) is 53.6 Å². The van der Waals surface area contributed by atoms with Crippen molar-refractivity contribution < 1.29 is 22.8 Å². The maximum Gasteiger partial charge on any atom is 0.223 e. The highest BCUT2D eigenvalue weighted by molar-refractivity contribution is 7.91. The molecule has 0 bridgehead atoms. The zero-order chi connectivity index (χ0) is 28.3. The van der Waals surface area contributed by atoms with Crippen LogP contribution in [-0.4, -0.2) is 43.4 Å². The van der Waals surface area contributed by atoms with E-state index < -0.39 is 21.0 Å². The van der Waals surface area contributed by atoms with E-state index in [2.05, 4.69) is 29.6 Å². The van der Waals surface area contributed by atoms with Crippen LogP contribution in [0.5, 0.6) is 0 Å². The highest BCUT2D eigenvalue weighted by Crippen LogP contribution is 2.43. The Balaban J connectivity index is 1.45. The third-order valence-corrected chi connectivity index (χ3v) is 10.3. The summed E-state index contributed by atoms with van der Waals surface area (Å²) in [6.45, 7) is 6.02. The van der Waals surface area contributed by atoms with E-state index in [4.69, 9.17) is 0 Å². The number of ketones is 2. The van der Waals surface area contributed by atoms with E-state index in [0.717, 1.165) is 29.2 Å². The largest absolute Gasteiger partial charge is 0.353 e. The Labute approximate surface area is 233 Å². The molecule has 0 saturated heterocycles. The van der Waals surface area contributed by atoms with Crippen LogP contribution in [0.2, 0.25) is 0 Å². The summed E-state index contributed by atoms with van der Waals surface area (Å²) in [4.78, 5) is 39.4. The Morgan fingerprint density at radius 3 is 2.41 bits per heavy atom. The molecule has 0 aromatic heterocycles. The smallest absolute Gasteiger partial charge is 0.223 e. The lowest BCUT2D eigenvalue weighted by Crippen LogP contribution is -2.43. The van der Waals surface area contributed by atoms with Gasteiger partial charge in [0, 0.05) is 42.9 Å². The minimum atomic E-state index is -3.21. The average molecular weight is 554 g/mol. The standard InChI is InChI=1S/C32H43NO5S/c1-20(2)15-25(18-30(35)21(3)16-23-11-7-10-22-9-5-6-13-26(22)23)32(36)33-28(17-24-12-8-14-29(24)34)27-19-31(27)39(4,37)38/h5-7,9-11,13,20-21,24-25,27-28,31H,8,12,14-19H2,1-4H3,(H,33,36)/t21-,24-,25+,27?,28-,31?/m0/s1. The first kappa shape index (κ1) is 29.4. The summed E-state index contributed by atoms with van der Waals surface area (Å²) in [7, 11) is -3.21. The van der Waals surface area contributed by atoms with Crippen LogP contribution in [0, 0.1) is 29.6 Å². The zero-order valence-corrected chi connectivity index (χ0v) is 24.5. The fourth-order valence-electron chi connectivity index (χ4n) is 6.40. The van der Waals surface area contributed by atoms with Gasteiger partial charge in [0.05, 0.1) is 5.25 Å². The number of sulfone groups is 1. The second-order valence-corrected chi connectivity index (χ2v) is 14.7. The molecule has 6 atom stereocenters. The summed E-state index contributed by atoms with van der Waals surface area (Å²) in [5, 5.41) is 4.97. The van der Waals surface area contributed by atoms with Crippen molar-refractivity contribution in [3.05, 3.63) is 48.0 Å². The predicted octanol–water partition coefficient (Wildman–Crippen LogP) is 5.32. The lowest BCUT2D eigenvalue weighted by molar-refractivity contribution is -0.132. The number of carbonyl (C=O) groups is 3. The molecule has 4 rings (SSSR count). The van der Waals surface area contributed by atoms with Crippen LogP contribution in [0.15, 0.2) is 42.5 Å². The first-order valence-electron chi connectivity index (χ1n) is 14.4. The van der Waals surface area contributed by atoms with E-state index >= 15 is 0 Å². The lowest BCUT2D eigenvalue weighted by Gasteiger charge is -2.26. The maximum atomic E-state index is 13.6. The first-order chi connectivity index (χ1) is 18.4. The lowest BCUT2D eigenvalue weighted by atomic mass is 9.85. The molecule has 212 valence electrons. The molecule has 0 aliphatic heterocycles. The van der Waals surface area contributed by atoms with Crippen LogP contribution in [0.25, 0.3) is 10.8 Å². The molecule has 1 amide bonds. The summed E-state index contributed by atoms with van der Waals surface area (Å²) in [5.41, 5.74) is 1.13. The summed E-state index contributed by atoms with van der Waals surface area (Å²) in [6, 6.07) is 13.9. The molecule has 0 heterocycles. The van der Waals surface area contributed by atoms with Gasteiger partial charge in [-0.15, -0.1) is 0 Å². The van der Waals surface area contributed by atoms with Gasteiger partial charge < -0.3 is 5.32 Å². The molecule has 0 spiro atoms. The fraction of sp³-hybridized carbons (Fsp3) is 0.594. The summed E-state index contributed by atoms with van der Waals surface area (Å²) < 4.78 is 24.4. The molecule has 1 N–H and O–H groups in total. The van der Waals surface area contributed by atoms with Crippen LogP contribution in [-0.2, 0) is 30.6 Å². The monoisotopic (exact) mass is 553 g/mol. The van der Waals surface area contributed by atoms with Crippen LogP contribution in [0.1, 0.15) is 71.3 Å². The summed E-state index contributed by atoms with van der Waals surface area (Å²) >= 11 is 0. The van der Waals surface area contributed by atoms with Gasteiger partial charge in [-0.3, -0.25) is 14.4 Å². The molecule has 2 aromatic rings. The number of rotatable bonds is 13. The van der Waals surface area contributed by atoms with E-state index in [1.54, 1.807) is 0 Å². The van der Waals surface area contributed by atoms with Crippen molar-refractivity contribution in [1.29, 1.82) is 0 Å². The molecule has 0 radical (unpaired) electrons. The van der Waals surface area contributed by atoms with Gasteiger partial charge in [0.25, 0.3) is 0 Å². The number of hydrogen-bond acceptors (Lipinski definition) is 5. The number of nitrogens with one attached hydrogen (secondary N) is 1. The van der Waals surface area contributed by atoms with Gasteiger partial charge in [0.15, 0.2) is 9.84 Å². The molecular weight excluding hydrogens is 510 g/mol. The van der Waals surface area contributed by atoms with Gasteiger partial charge in [-0.2, -0.15) is 0 Å². The van der Waals surface area contributed by atoms with E-state index in [1.165, 1.54) is 6.26 Å². The normalized spacial score (nSPS) is 23.5. The molecule has 2 aliphatic carbocycles. The minimum Gasteiger partial charge on any atom is -0.353 e. The van der Waals surface area contributed by atoms with Gasteiger partial charge in [0.2, 0.25) is 5.91 Å². The highest BCUT2D eigenvalue weighted by Gasteiger charge is 2.51. The number of fused-ring (bicyclic) bond motifs is 1. The summed E-state index contributed by atoms with van der Waals surface area (Å²) in [5.74, 6) is -0.702. The van der Waals surface area contributed by atoms with Crippen molar-refractivity contribution in [3.63, 3.8) is 0 Å². The molecular formula is C32H43NO5S. The van der Waals surface area contributed by atoms with Crippen molar-refractivity contribution in [2.45, 2.75) is 83.4 Å². The number of hydrogen-bond donors (Lipinski definition) is 1. The molecule has 2 unspecified atom stereocenters. The van der Waals surface area contributed by atoms with Gasteiger partial charge in [-0.25, -0.2) is 8.42 Å². The van der Waals surface area contributed by atoms with Crippen LogP contribution >= 0.6 is 0 Å². The van der Waals surface area contributed by atoms with E-state index in [9.17, 15) is 22.8 Å². The topological polar surface area (TPSA) is 97.4 Å². The third-order valence-electron chi connectivity index (χ3n) is 8.67. The second kappa shape index (κ2) is 12.3. The number of benzene rings is 2. The Hall–Kier alpha value is -2.54. The van der Waals surface area contributed by atoms with Crippen LogP contribution < -0.4 is 5.32 Å². The highest BCUT2D eigenvalue weighted by atomic mass is 32.2. The van der Waals surface area contributed by atoms with Crippen molar-refractivity contribution in [2.75, 3.05) is 6.26 Å². The molecule has 2 aliphatic rings. The van der Waals surface area contributed by atoms with E-state index in [1.807, 2.05) is 39.0 Å². The summed E-state index contributed by atoms with van der Waals surface area (Å²) in [6.07, 6.45) is 5.80. The molecule has 2 saturated carbocycles. The van der Waals surface area contributed by atoms with Crippen molar-refractivity contribution in [2.24, 2.45) is 29.6 Å². The molecule has 2 fully saturated rings. The van der Waals surface area contributed by atoms with Crippen molar-refractivity contribution in [3.8, 4) is 0 Å². The van der Waals surface area contributed by atoms with Crippen molar-refractivity contribution in [1.82, 2.24) is 5.32 Å². The Morgan fingerprint density at radius 2 is 1.77 bits per heavy atom. The zero-order valence-electron chi connectivity index (χ0n) is 23.7. The second-order valence-electron chi connectivity index (χ2n) is 12.4. The number of Topliss-reactive ketones (excluding diaryl/α,β-unsaturated/α-hetero) is 2. The van der Waals surface area contributed by atoms with Gasteiger partial charge in [-0.1, -0.05) is 63.2 Å².